The Morgan fingerprint density at radius 2 is 1.70 bits per heavy atom. The molecule has 0 aliphatic carbocycles. The van der Waals surface area contributed by atoms with Gasteiger partial charge in [-0.25, -0.2) is 0 Å². The fourth-order valence-electron chi connectivity index (χ4n) is 3.12. The summed E-state index contributed by atoms with van der Waals surface area (Å²) in [4.78, 5) is 16.1. The molecular formula is C20H21F3N2O2. The highest BCUT2D eigenvalue weighted by Crippen LogP contribution is 2.31. The number of piperazine rings is 1. The van der Waals surface area contributed by atoms with E-state index in [-0.39, 0.29) is 5.91 Å². The van der Waals surface area contributed by atoms with Crippen LogP contribution in [0.5, 0.6) is 5.75 Å². The first-order valence-electron chi connectivity index (χ1n) is 8.70. The minimum Gasteiger partial charge on any atom is -0.497 e. The lowest BCUT2D eigenvalue weighted by Gasteiger charge is -2.36. The Bertz CT molecular complexity index is 783. The molecular weight excluding hydrogens is 357 g/mol. The number of hydrogen-bond acceptors (Lipinski definition) is 3. The topological polar surface area (TPSA) is 32.8 Å². The van der Waals surface area contributed by atoms with Crippen LogP contribution in [0.2, 0.25) is 0 Å². The molecule has 0 bridgehead atoms. The zero-order chi connectivity index (χ0) is 19.4. The Morgan fingerprint density at radius 1 is 1.04 bits per heavy atom. The van der Waals surface area contributed by atoms with Crippen LogP contribution in [-0.4, -0.2) is 44.1 Å². The summed E-state index contributed by atoms with van der Waals surface area (Å²) in [6.45, 7) is 2.00. The molecule has 7 heteroatoms. The summed E-state index contributed by atoms with van der Waals surface area (Å²) in [5.74, 6) is 0.754. The van der Waals surface area contributed by atoms with Gasteiger partial charge in [0.1, 0.15) is 5.75 Å². The third kappa shape index (κ3) is 4.72. The fourth-order valence-corrected chi connectivity index (χ4v) is 3.12. The Morgan fingerprint density at radius 3 is 2.30 bits per heavy atom. The van der Waals surface area contributed by atoms with Crippen LogP contribution in [0.25, 0.3) is 0 Å². The maximum atomic E-state index is 12.9. The van der Waals surface area contributed by atoms with Gasteiger partial charge in [0.15, 0.2) is 0 Å². The molecule has 0 saturated carbocycles. The van der Waals surface area contributed by atoms with Gasteiger partial charge in [0, 0.05) is 31.9 Å². The summed E-state index contributed by atoms with van der Waals surface area (Å²) in [5.41, 5.74) is 0.784. The van der Waals surface area contributed by atoms with Crippen molar-refractivity contribution < 1.29 is 22.7 Å². The molecule has 0 N–H and O–H groups in total. The van der Waals surface area contributed by atoms with Gasteiger partial charge < -0.3 is 14.5 Å². The van der Waals surface area contributed by atoms with Crippen LogP contribution in [0.3, 0.4) is 0 Å². The number of rotatable bonds is 4. The minimum atomic E-state index is -4.35. The predicted octanol–water partition coefficient (Wildman–Crippen LogP) is 3.61. The molecule has 1 heterocycles. The Balaban J connectivity index is 1.57. The molecule has 0 aromatic heterocycles. The van der Waals surface area contributed by atoms with Crippen LogP contribution >= 0.6 is 0 Å². The van der Waals surface area contributed by atoms with Crippen LogP contribution in [0.4, 0.5) is 18.9 Å². The van der Waals surface area contributed by atoms with Crippen molar-refractivity contribution in [2.24, 2.45) is 0 Å². The SMILES string of the molecule is COc1ccc(CC(=O)N2CCN(c3cccc(C(F)(F)F)c3)CC2)cc1. The number of carbonyl (C=O) groups is 1. The Labute approximate surface area is 156 Å². The van der Waals surface area contributed by atoms with Crippen molar-refractivity contribution in [2.75, 3.05) is 38.2 Å². The highest BCUT2D eigenvalue weighted by molar-refractivity contribution is 5.79. The molecule has 2 aromatic carbocycles. The van der Waals surface area contributed by atoms with Crippen molar-refractivity contribution in [3.8, 4) is 5.75 Å². The Kier molecular flexibility index (Phi) is 5.58. The smallest absolute Gasteiger partial charge is 0.416 e. The van der Waals surface area contributed by atoms with Crippen LogP contribution in [0.15, 0.2) is 48.5 Å². The number of anilines is 1. The standard InChI is InChI=1S/C20H21F3N2O2/c1-27-18-7-5-15(6-8-18)13-19(26)25-11-9-24(10-12-25)17-4-2-3-16(14-17)20(21,22)23/h2-8,14H,9-13H2,1H3. The van der Waals surface area contributed by atoms with E-state index in [2.05, 4.69) is 0 Å². The third-order valence-corrected chi connectivity index (χ3v) is 4.69. The first kappa shape index (κ1) is 19.1. The lowest BCUT2D eigenvalue weighted by molar-refractivity contribution is -0.137. The zero-order valence-corrected chi connectivity index (χ0v) is 15.0. The van der Waals surface area contributed by atoms with E-state index in [1.54, 1.807) is 18.1 Å². The van der Waals surface area contributed by atoms with E-state index < -0.39 is 11.7 Å². The zero-order valence-electron chi connectivity index (χ0n) is 15.0. The fraction of sp³-hybridized carbons (Fsp3) is 0.350. The van der Waals surface area contributed by atoms with Gasteiger partial charge in [-0.15, -0.1) is 0 Å². The Hall–Kier alpha value is -2.70. The monoisotopic (exact) mass is 378 g/mol. The number of halogens is 3. The molecule has 144 valence electrons. The lowest BCUT2D eigenvalue weighted by Crippen LogP contribution is -2.49. The van der Waals surface area contributed by atoms with E-state index >= 15 is 0 Å². The average molecular weight is 378 g/mol. The molecule has 0 atom stereocenters. The molecule has 0 radical (unpaired) electrons. The highest BCUT2D eigenvalue weighted by Gasteiger charge is 2.31. The van der Waals surface area contributed by atoms with Crippen LogP contribution in [-0.2, 0) is 17.4 Å². The lowest BCUT2D eigenvalue weighted by atomic mass is 10.1. The molecule has 1 saturated heterocycles. The van der Waals surface area contributed by atoms with Crippen LogP contribution < -0.4 is 9.64 Å². The summed E-state index contributed by atoms with van der Waals surface area (Å²) in [5, 5.41) is 0. The van der Waals surface area contributed by atoms with Crippen LogP contribution in [0.1, 0.15) is 11.1 Å². The first-order chi connectivity index (χ1) is 12.9. The molecule has 4 nitrogen and oxygen atoms in total. The number of methoxy groups -OCH3 is 1. The van der Waals surface area contributed by atoms with Gasteiger partial charge in [-0.3, -0.25) is 4.79 Å². The van der Waals surface area contributed by atoms with Gasteiger partial charge in [-0.2, -0.15) is 13.2 Å². The van der Waals surface area contributed by atoms with Gasteiger partial charge in [-0.05, 0) is 35.9 Å². The second-order valence-corrected chi connectivity index (χ2v) is 6.44. The third-order valence-electron chi connectivity index (χ3n) is 4.69. The van der Waals surface area contributed by atoms with E-state index in [0.717, 1.165) is 23.4 Å². The summed E-state index contributed by atoms with van der Waals surface area (Å²) < 4.78 is 43.7. The van der Waals surface area contributed by atoms with Crippen LogP contribution in [0, 0.1) is 0 Å². The molecule has 0 unspecified atom stereocenters. The van der Waals surface area contributed by atoms with Crippen molar-refractivity contribution in [1.82, 2.24) is 4.90 Å². The van der Waals surface area contributed by atoms with Crippen molar-refractivity contribution >= 4 is 11.6 Å². The summed E-state index contributed by atoms with van der Waals surface area (Å²) in [7, 11) is 1.59. The number of benzene rings is 2. The molecule has 1 amide bonds. The molecule has 2 aromatic rings. The molecule has 1 aliphatic rings. The largest absolute Gasteiger partial charge is 0.497 e. The second-order valence-electron chi connectivity index (χ2n) is 6.44. The molecule has 1 aliphatic heterocycles. The second kappa shape index (κ2) is 7.90. The summed E-state index contributed by atoms with van der Waals surface area (Å²) in [6, 6.07) is 12.7. The summed E-state index contributed by atoms with van der Waals surface area (Å²) >= 11 is 0. The molecule has 0 spiro atoms. The van der Waals surface area contributed by atoms with Crippen molar-refractivity contribution in [3.05, 3.63) is 59.7 Å². The quantitative estimate of drug-likeness (QED) is 0.815. The number of alkyl halides is 3. The van der Waals surface area contributed by atoms with Crippen molar-refractivity contribution in [2.45, 2.75) is 12.6 Å². The van der Waals surface area contributed by atoms with Crippen molar-refractivity contribution in [1.29, 1.82) is 0 Å². The van der Waals surface area contributed by atoms with Gasteiger partial charge in [0.2, 0.25) is 5.91 Å². The average Bonchev–Trinajstić information content (AvgIpc) is 2.68. The predicted molar refractivity (Wildman–Crippen MR) is 96.9 cm³/mol. The first-order valence-corrected chi connectivity index (χ1v) is 8.70. The van der Waals surface area contributed by atoms with Gasteiger partial charge in [0.25, 0.3) is 0 Å². The molecule has 27 heavy (non-hydrogen) atoms. The van der Waals surface area contributed by atoms with Gasteiger partial charge in [0.05, 0.1) is 19.1 Å². The number of ether oxygens (including phenoxy) is 1. The molecule has 3 rings (SSSR count). The van der Waals surface area contributed by atoms with E-state index in [4.69, 9.17) is 4.74 Å². The number of nitrogens with zero attached hydrogens (tertiary/aromatic N) is 2. The molecule has 1 fully saturated rings. The van der Waals surface area contributed by atoms with Gasteiger partial charge >= 0.3 is 6.18 Å². The number of carbonyl (C=O) groups excluding carboxylic acids is 1. The minimum absolute atomic E-state index is 0.0175. The normalized spacial score (nSPS) is 15.0. The van der Waals surface area contributed by atoms with E-state index in [1.807, 2.05) is 29.2 Å². The van der Waals surface area contributed by atoms with Gasteiger partial charge in [-0.1, -0.05) is 18.2 Å². The highest BCUT2D eigenvalue weighted by atomic mass is 19.4. The van der Waals surface area contributed by atoms with E-state index in [9.17, 15) is 18.0 Å². The van der Waals surface area contributed by atoms with Crippen molar-refractivity contribution in [3.63, 3.8) is 0 Å². The maximum Gasteiger partial charge on any atom is 0.416 e. The number of hydrogen-bond donors (Lipinski definition) is 0. The number of amides is 1. The maximum absolute atomic E-state index is 12.9. The van der Waals surface area contributed by atoms with E-state index in [0.29, 0.717) is 38.3 Å². The summed E-state index contributed by atoms with van der Waals surface area (Å²) in [6.07, 6.45) is -4.06. The van der Waals surface area contributed by atoms with E-state index in [1.165, 1.54) is 6.07 Å².